The molecule has 0 aromatic heterocycles. The van der Waals surface area contributed by atoms with E-state index in [1.54, 1.807) is 19.2 Å². The summed E-state index contributed by atoms with van der Waals surface area (Å²) >= 11 is 0. The quantitative estimate of drug-likeness (QED) is 0.796. The van der Waals surface area contributed by atoms with Gasteiger partial charge in [0.1, 0.15) is 5.75 Å². The van der Waals surface area contributed by atoms with Crippen LogP contribution in [-0.4, -0.2) is 23.9 Å². The maximum atomic E-state index is 10.1. The number of hydrogen-bond acceptors (Lipinski definition) is 3. The fourth-order valence-electron chi connectivity index (χ4n) is 1.40. The first-order valence-electron chi connectivity index (χ1n) is 4.95. The number of hydrogen-bond donors (Lipinski definition) is 2. The highest BCUT2D eigenvalue weighted by molar-refractivity contribution is 5.35. The van der Waals surface area contributed by atoms with Crippen LogP contribution in [0.15, 0.2) is 24.3 Å². The van der Waals surface area contributed by atoms with Crippen molar-refractivity contribution in [2.24, 2.45) is 5.41 Å². The molecule has 15 heavy (non-hydrogen) atoms. The van der Waals surface area contributed by atoms with Crippen LogP contribution < -0.4 is 4.74 Å². The minimum Gasteiger partial charge on any atom is -0.496 e. The molecule has 3 nitrogen and oxygen atoms in total. The minimum atomic E-state index is -0.737. The van der Waals surface area contributed by atoms with Crippen molar-refractivity contribution < 1.29 is 14.9 Å². The van der Waals surface area contributed by atoms with Crippen molar-refractivity contribution in [1.29, 1.82) is 0 Å². The van der Waals surface area contributed by atoms with Crippen molar-refractivity contribution in [3.8, 4) is 5.75 Å². The third-order valence-electron chi connectivity index (χ3n) is 2.58. The molecule has 1 atom stereocenters. The molecule has 0 spiro atoms. The third-order valence-corrected chi connectivity index (χ3v) is 2.58. The van der Waals surface area contributed by atoms with E-state index < -0.39 is 11.5 Å². The van der Waals surface area contributed by atoms with Crippen LogP contribution in [0.5, 0.6) is 5.75 Å². The molecule has 0 aliphatic carbocycles. The summed E-state index contributed by atoms with van der Waals surface area (Å²) in [5.41, 5.74) is 0.133. The molecule has 0 fully saturated rings. The highest BCUT2D eigenvalue weighted by atomic mass is 16.5. The molecule has 0 radical (unpaired) electrons. The van der Waals surface area contributed by atoms with Gasteiger partial charge < -0.3 is 14.9 Å². The number of rotatable bonds is 4. The second-order valence-electron chi connectivity index (χ2n) is 4.29. The van der Waals surface area contributed by atoms with E-state index in [4.69, 9.17) is 4.74 Å². The molecule has 1 aromatic rings. The number of ether oxygens (including phenoxy) is 1. The fourth-order valence-corrected chi connectivity index (χ4v) is 1.40. The highest BCUT2D eigenvalue weighted by Crippen LogP contribution is 2.36. The lowest BCUT2D eigenvalue weighted by Gasteiger charge is -2.29. The lowest BCUT2D eigenvalue weighted by molar-refractivity contribution is 0.00505. The molecular formula is C12H18O3. The number of aliphatic hydroxyl groups is 2. The Kier molecular flexibility index (Phi) is 3.72. The van der Waals surface area contributed by atoms with Crippen LogP contribution in [0.4, 0.5) is 0 Å². The summed E-state index contributed by atoms with van der Waals surface area (Å²) in [5.74, 6) is 0.645. The van der Waals surface area contributed by atoms with Crippen molar-refractivity contribution in [2.45, 2.75) is 20.0 Å². The standard InChI is InChI=1S/C12H18O3/c1-12(2,8-13)11(14)9-6-4-5-7-10(9)15-3/h4-7,11,13-14H,8H2,1-3H3/t11-/m0/s1. The van der Waals surface area contributed by atoms with E-state index in [9.17, 15) is 10.2 Å². The van der Waals surface area contributed by atoms with E-state index >= 15 is 0 Å². The van der Waals surface area contributed by atoms with Crippen LogP contribution in [0.3, 0.4) is 0 Å². The van der Waals surface area contributed by atoms with Gasteiger partial charge in [-0.15, -0.1) is 0 Å². The maximum Gasteiger partial charge on any atom is 0.124 e. The molecule has 0 saturated carbocycles. The average molecular weight is 210 g/mol. The predicted molar refractivity (Wildman–Crippen MR) is 58.8 cm³/mol. The Hall–Kier alpha value is -1.06. The van der Waals surface area contributed by atoms with Gasteiger partial charge in [0.05, 0.1) is 19.8 Å². The smallest absolute Gasteiger partial charge is 0.124 e. The molecule has 0 bridgehead atoms. The van der Waals surface area contributed by atoms with Gasteiger partial charge in [-0.2, -0.15) is 0 Å². The zero-order valence-corrected chi connectivity index (χ0v) is 9.40. The van der Waals surface area contributed by atoms with Gasteiger partial charge >= 0.3 is 0 Å². The van der Waals surface area contributed by atoms with Crippen LogP contribution in [0.1, 0.15) is 25.5 Å². The van der Waals surface area contributed by atoms with E-state index in [-0.39, 0.29) is 6.61 Å². The van der Waals surface area contributed by atoms with Gasteiger partial charge in [-0.3, -0.25) is 0 Å². The van der Waals surface area contributed by atoms with Gasteiger partial charge in [-0.25, -0.2) is 0 Å². The summed E-state index contributed by atoms with van der Waals surface area (Å²) in [6.45, 7) is 3.54. The summed E-state index contributed by atoms with van der Waals surface area (Å²) in [7, 11) is 1.57. The normalized spacial score (nSPS) is 13.7. The predicted octanol–water partition coefficient (Wildman–Crippen LogP) is 1.75. The molecule has 1 aromatic carbocycles. The number of para-hydroxylation sites is 1. The van der Waals surface area contributed by atoms with Gasteiger partial charge in [-0.1, -0.05) is 32.0 Å². The Morgan fingerprint density at radius 2 is 1.93 bits per heavy atom. The fraction of sp³-hybridized carbons (Fsp3) is 0.500. The molecule has 0 heterocycles. The molecule has 2 N–H and O–H groups in total. The molecule has 0 amide bonds. The van der Waals surface area contributed by atoms with Crippen LogP contribution in [0.2, 0.25) is 0 Å². The molecule has 1 rings (SSSR count). The lowest BCUT2D eigenvalue weighted by Crippen LogP contribution is -2.26. The second-order valence-corrected chi connectivity index (χ2v) is 4.29. The van der Waals surface area contributed by atoms with Crippen LogP contribution in [0.25, 0.3) is 0 Å². The van der Waals surface area contributed by atoms with Crippen LogP contribution >= 0.6 is 0 Å². The molecule has 0 aliphatic heterocycles. The summed E-state index contributed by atoms with van der Waals surface area (Å²) in [6.07, 6.45) is -0.737. The zero-order valence-electron chi connectivity index (χ0n) is 9.40. The number of aliphatic hydroxyl groups excluding tert-OH is 2. The van der Waals surface area contributed by atoms with E-state index in [1.807, 2.05) is 26.0 Å². The Morgan fingerprint density at radius 3 is 2.47 bits per heavy atom. The summed E-state index contributed by atoms with van der Waals surface area (Å²) < 4.78 is 5.16. The molecule has 0 unspecified atom stereocenters. The molecule has 0 aliphatic rings. The monoisotopic (exact) mass is 210 g/mol. The average Bonchev–Trinajstić information content (AvgIpc) is 2.28. The molecule has 3 heteroatoms. The Balaban J connectivity index is 3.05. The molecular weight excluding hydrogens is 192 g/mol. The van der Waals surface area contributed by atoms with Crippen molar-refractivity contribution in [1.82, 2.24) is 0 Å². The Bertz CT molecular complexity index is 320. The number of benzene rings is 1. The van der Waals surface area contributed by atoms with Gasteiger partial charge in [0.15, 0.2) is 0 Å². The van der Waals surface area contributed by atoms with Crippen molar-refractivity contribution >= 4 is 0 Å². The SMILES string of the molecule is COc1ccccc1[C@H](O)C(C)(C)CO. The van der Waals surface area contributed by atoms with E-state index in [0.29, 0.717) is 11.3 Å². The second kappa shape index (κ2) is 4.64. The van der Waals surface area contributed by atoms with Crippen molar-refractivity contribution in [2.75, 3.05) is 13.7 Å². The first-order valence-corrected chi connectivity index (χ1v) is 4.95. The largest absolute Gasteiger partial charge is 0.496 e. The lowest BCUT2D eigenvalue weighted by atomic mass is 9.83. The van der Waals surface area contributed by atoms with E-state index in [1.165, 1.54) is 0 Å². The summed E-state index contributed by atoms with van der Waals surface area (Å²) in [6, 6.07) is 7.29. The topological polar surface area (TPSA) is 49.7 Å². The van der Waals surface area contributed by atoms with Gasteiger partial charge in [0, 0.05) is 11.0 Å². The number of methoxy groups -OCH3 is 1. The Labute approximate surface area is 90.3 Å². The maximum absolute atomic E-state index is 10.1. The van der Waals surface area contributed by atoms with Crippen LogP contribution in [-0.2, 0) is 0 Å². The van der Waals surface area contributed by atoms with Gasteiger partial charge in [0.2, 0.25) is 0 Å². The van der Waals surface area contributed by atoms with E-state index in [0.717, 1.165) is 0 Å². The van der Waals surface area contributed by atoms with E-state index in [2.05, 4.69) is 0 Å². The van der Waals surface area contributed by atoms with Gasteiger partial charge in [0.25, 0.3) is 0 Å². The summed E-state index contributed by atoms with van der Waals surface area (Å²) in [4.78, 5) is 0. The van der Waals surface area contributed by atoms with Crippen LogP contribution in [0, 0.1) is 5.41 Å². The first-order chi connectivity index (χ1) is 7.03. The third kappa shape index (κ3) is 2.49. The molecule has 0 saturated heterocycles. The van der Waals surface area contributed by atoms with Gasteiger partial charge in [-0.05, 0) is 6.07 Å². The van der Waals surface area contributed by atoms with Crippen molar-refractivity contribution in [3.63, 3.8) is 0 Å². The summed E-state index contributed by atoms with van der Waals surface area (Å²) in [5, 5.41) is 19.3. The molecule has 84 valence electrons. The van der Waals surface area contributed by atoms with Crippen molar-refractivity contribution in [3.05, 3.63) is 29.8 Å². The highest BCUT2D eigenvalue weighted by Gasteiger charge is 2.30. The minimum absolute atomic E-state index is 0.0772. The Morgan fingerprint density at radius 1 is 1.33 bits per heavy atom. The zero-order chi connectivity index (χ0) is 11.5. The first kappa shape index (κ1) is 12.0.